The van der Waals surface area contributed by atoms with Gasteiger partial charge in [0.25, 0.3) is 5.91 Å². The molecule has 6 heteroatoms. The van der Waals surface area contributed by atoms with E-state index in [-0.39, 0.29) is 24.3 Å². The number of hydrogen-bond donors (Lipinski definition) is 1. The lowest BCUT2D eigenvalue weighted by atomic mass is 10.0. The number of pyridine rings is 2. The molecular weight excluding hydrogens is 321 g/mol. The van der Waals surface area contributed by atoms with Crippen molar-refractivity contribution in [2.24, 2.45) is 0 Å². The Labute approximate surface area is 143 Å². The second-order valence-corrected chi connectivity index (χ2v) is 6.17. The molecule has 1 aliphatic rings. The lowest BCUT2D eigenvalue weighted by Gasteiger charge is -2.25. The smallest absolute Gasteiger partial charge is 0.255 e. The summed E-state index contributed by atoms with van der Waals surface area (Å²) in [5.41, 5.74) is 1.85. The molecule has 0 spiro atoms. The van der Waals surface area contributed by atoms with Crippen LogP contribution >= 0.6 is 0 Å². The maximum Gasteiger partial charge on any atom is 0.255 e. The van der Waals surface area contributed by atoms with Crippen LogP contribution in [0.25, 0.3) is 10.9 Å². The highest BCUT2D eigenvalue weighted by Gasteiger charge is 2.36. The van der Waals surface area contributed by atoms with E-state index < -0.39 is 6.10 Å². The number of carbonyl (C=O) groups is 1. The average molecular weight is 337 g/mol. The first-order valence-electron chi connectivity index (χ1n) is 8.07. The van der Waals surface area contributed by atoms with Gasteiger partial charge in [0.15, 0.2) is 0 Å². The molecule has 126 valence electrons. The summed E-state index contributed by atoms with van der Waals surface area (Å²) in [6, 6.07) is 9.20. The van der Waals surface area contributed by atoms with Crippen molar-refractivity contribution in [2.75, 3.05) is 6.54 Å². The Bertz CT molecular complexity index is 941. The highest BCUT2D eigenvalue weighted by molar-refractivity contribution is 6.06. The van der Waals surface area contributed by atoms with Crippen molar-refractivity contribution in [3.63, 3.8) is 0 Å². The highest BCUT2D eigenvalue weighted by atomic mass is 19.1. The van der Waals surface area contributed by atoms with Crippen LogP contribution in [-0.4, -0.2) is 38.5 Å². The molecular formula is C19H16FN3O2. The topological polar surface area (TPSA) is 66.3 Å². The normalized spacial score (nSPS) is 20.2. The molecule has 0 unspecified atom stereocenters. The first-order chi connectivity index (χ1) is 12.1. The number of aliphatic hydroxyl groups excluding tert-OH is 1. The molecule has 25 heavy (non-hydrogen) atoms. The fourth-order valence-electron chi connectivity index (χ4n) is 3.40. The van der Waals surface area contributed by atoms with E-state index in [1.807, 2.05) is 0 Å². The summed E-state index contributed by atoms with van der Waals surface area (Å²) in [5.74, 6) is -0.573. The summed E-state index contributed by atoms with van der Waals surface area (Å²) in [5, 5.41) is 10.8. The van der Waals surface area contributed by atoms with Crippen LogP contribution in [0.3, 0.4) is 0 Å². The monoisotopic (exact) mass is 337 g/mol. The van der Waals surface area contributed by atoms with E-state index in [1.165, 1.54) is 12.1 Å². The van der Waals surface area contributed by atoms with Gasteiger partial charge in [-0.2, -0.15) is 0 Å². The van der Waals surface area contributed by atoms with Crippen LogP contribution in [0.4, 0.5) is 4.39 Å². The van der Waals surface area contributed by atoms with Crippen LogP contribution in [0.15, 0.2) is 55.0 Å². The van der Waals surface area contributed by atoms with Gasteiger partial charge in [-0.15, -0.1) is 0 Å². The number of carbonyl (C=O) groups excluding carboxylic acids is 1. The molecule has 3 aromatic rings. The van der Waals surface area contributed by atoms with Gasteiger partial charge in [-0.25, -0.2) is 4.39 Å². The zero-order valence-electron chi connectivity index (χ0n) is 13.3. The molecule has 4 rings (SSSR count). The van der Waals surface area contributed by atoms with Crippen molar-refractivity contribution in [2.45, 2.75) is 18.6 Å². The van der Waals surface area contributed by atoms with Crippen molar-refractivity contribution in [3.8, 4) is 0 Å². The molecule has 2 aromatic heterocycles. The minimum Gasteiger partial charge on any atom is -0.391 e. The predicted molar refractivity (Wildman–Crippen MR) is 90.3 cm³/mol. The Morgan fingerprint density at radius 2 is 2.12 bits per heavy atom. The Morgan fingerprint density at radius 3 is 2.96 bits per heavy atom. The van der Waals surface area contributed by atoms with Crippen LogP contribution in [0, 0.1) is 5.82 Å². The number of hydrogen-bond acceptors (Lipinski definition) is 4. The van der Waals surface area contributed by atoms with E-state index in [9.17, 15) is 14.3 Å². The number of amides is 1. The molecule has 0 bridgehead atoms. The third kappa shape index (κ3) is 2.85. The number of rotatable bonds is 2. The quantitative estimate of drug-likeness (QED) is 0.781. The second-order valence-electron chi connectivity index (χ2n) is 6.17. The van der Waals surface area contributed by atoms with Gasteiger partial charge >= 0.3 is 0 Å². The zero-order valence-corrected chi connectivity index (χ0v) is 13.3. The molecule has 3 heterocycles. The minimum absolute atomic E-state index is 0.212. The lowest BCUT2D eigenvalue weighted by Crippen LogP contribution is -2.32. The van der Waals surface area contributed by atoms with Gasteiger partial charge in [-0.1, -0.05) is 12.1 Å². The zero-order chi connectivity index (χ0) is 17.4. The highest BCUT2D eigenvalue weighted by Crippen LogP contribution is 2.34. The van der Waals surface area contributed by atoms with Crippen molar-refractivity contribution < 1.29 is 14.3 Å². The van der Waals surface area contributed by atoms with Crippen LogP contribution < -0.4 is 0 Å². The lowest BCUT2D eigenvalue weighted by molar-refractivity contribution is 0.0717. The Morgan fingerprint density at radius 1 is 1.24 bits per heavy atom. The third-order valence-corrected chi connectivity index (χ3v) is 4.55. The number of aliphatic hydroxyl groups is 1. The summed E-state index contributed by atoms with van der Waals surface area (Å²) in [6.07, 6.45) is 4.57. The van der Waals surface area contributed by atoms with E-state index >= 15 is 0 Å². The molecule has 2 atom stereocenters. The average Bonchev–Trinajstić information content (AvgIpc) is 3.02. The maximum atomic E-state index is 13.6. The summed E-state index contributed by atoms with van der Waals surface area (Å²) in [7, 11) is 0. The number of nitrogens with zero attached hydrogens (tertiary/aromatic N) is 3. The molecule has 1 aromatic carbocycles. The molecule has 1 N–H and O–H groups in total. The molecule has 1 saturated heterocycles. The first-order valence-corrected chi connectivity index (χ1v) is 8.07. The second kappa shape index (κ2) is 6.22. The summed E-state index contributed by atoms with van der Waals surface area (Å²) in [4.78, 5) is 23.1. The first kappa shape index (κ1) is 15.7. The van der Waals surface area contributed by atoms with Gasteiger partial charge in [0.2, 0.25) is 0 Å². The Kier molecular flexibility index (Phi) is 3.89. The van der Waals surface area contributed by atoms with Gasteiger partial charge in [-0.3, -0.25) is 14.8 Å². The van der Waals surface area contributed by atoms with Crippen molar-refractivity contribution in [1.82, 2.24) is 14.9 Å². The Balaban J connectivity index is 1.75. The summed E-state index contributed by atoms with van der Waals surface area (Å²) < 4.78 is 13.6. The van der Waals surface area contributed by atoms with Gasteiger partial charge in [0.1, 0.15) is 5.82 Å². The van der Waals surface area contributed by atoms with Gasteiger partial charge in [0, 0.05) is 30.5 Å². The van der Waals surface area contributed by atoms with E-state index in [2.05, 4.69) is 9.97 Å². The fraction of sp³-hybridized carbons (Fsp3) is 0.211. The molecule has 0 radical (unpaired) electrons. The fourth-order valence-corrected chi connectivity index (χ4v) is 3.40. The molecule has 1 fully saturated rings. The number of β-amino-alcohol motifs (C(OH)–C–C–N with tert-alkyl or cyclic N) is 1. The molecule has 0 saturated carbocycles. The van der Waals surface area contributed by atoms with E-state index in [0.29, 0.717) is 28.5 Å². The number of halogens is 1. The predicted octanol–water partition coefficient (Wildman–Crippen LogP) is 2.72. The maximum absolute atomic E-state index is 13.6. The molecule has 1 amide bonds. The van der Waals surface area contributed by atoms with E-state index in [4.69, 9.17) is 0 Å². The molecule has 1 aliphatic heterocycles. The van der Waals surface area contributed by atoms with E-state index in [0.717, 1.165) is 0 Å². The summed E-state index contributed by atoms with van der Waals surface area (Å²) in [6.45, 7) is 0.212. The minimum atomic E-state index is -0.636. The van der Waals surface area contributed by atoms with Gasteiger partial charge < -0.3 is 10.0 Å². The SMILES string of the molecule is O=C(c1ccnc2ccncc12)N1C[C@@H](O)C[C@H]1c1cccc(F)c1. The van der Waals surface area contributed by atoms with Crippen molar-refractivity contribution in [1.29, 1.82) is 0 Å². The standard InChI is InChI=1S/C19H16FN3O2/c20-13-3-1-2-12(8-13)18-9-14(24)11-23(18)19(25)15-4-7-22-17-5-6-21-10-16(15)17/h1-8,10,14,18,24H,9,11H2/t14-,18-/m0/s1. The van der Waals surface area contributed by atoms with Crippen LogP contribution in [0.1, 0.15) is 28.4 Å². The number of benzene rings is 1. The third-order valence-electron chi connectivity index (χ3n) is 4.55. The molecule has 5 nitrogen and oxygen atoms in total. The van der Waals surface area contributed by atoms with Crippen LogP contribution in [0.2, 0.25) is 0 Å². The number of aromatic nitrogens is 2. The van der Waals surface area contributed by atoms with E-state index in [1.54, 1.807) is 47.8 Å². The molecule has 0 aliphatic carbocycles. The van der Waals surface area contributed by atoms with Crippen molar-refractivity contribution in [3.05, 3.63) is 71.9 Å². The number of fused-ring (bicyclic) bond motifs is 1. The summed E-state index contributed by atoms with van der Waals surface area (Å²) >= 11 is 0. The van der Waals surface area contributed by atoms with Gasteiger partial charge in [-0.05, 0) is 36.2 Å². The van der Waals surface area contributed by atoms with Crippen LogP contribution in [-0.2, 0) is 0 Å². The largest absolute Gasteiger partial charge is 0.391 e. The number of likely N-dealkylation sites (tertiary alicyclic amines) is 1. The Hall–Kier alpha value is -2.86. The van der Waals surface area contributed by atoms with Crippen LogP contribution in [0.5, 0.6) is 0 Å². The van der Waals surface area contributed by atoms with Gasteiger partial charge in [0.05, 0.1) is 23.2 Å². The van der Waals surface area contributed by atoms with Crippen molar-refractivity contribution >= 4 is 16.8 Å².